The summed E-state index contributed by atoms with van der Waals surface area (Å²) in [7, 11) is 0. The maximum Gasteiger partial charge on any atom is 0.0804 e. The Kier molecular flexibility index (Phi) is 3.97. The van der Waals surface area contributed by atoms with Crippen LogP contribution in [0.25, 0.3) is 65.8 Å². The lowest BCUT2D eigenvalue weighted by Gasteiger charge is -2.12. The Hall–Kier alpha value is -4.82. The third-order valence-electron chi connectivity index (χ3n) is 7.47. The molecule has 0 amide bonds. The quantitative estimate of drug-likeness (QED) is 0.244. The molecular weight excluding hydrogens is 436 g/mol. The molecule has 2 heterocycles. The molecule has 0 fully saturated rings. The third kappa shape index (κ3) is 2.56. The minimum Gasteiger partial charge on any atom is -0.306 e. The molecule has 0 spiro atoms. The Morgan fingerprint density at radius 3 is 1.78 bits per heavy atom. The van der Waals surface area contributed by atoms with Crippen LogP contribution in [0.5, 0.6) is 0 Å². The molecule has 0 aliphatic heterocycles. The monoisotopic (exact) mass is 458 g/mol. The van der Waals surface area contributed by atoms with Crippen molar-refractivity contribution in [2.45, 2.75) is 0 Å². The Balaban J connectivity index is 1.69. The molecule has 8 aromatic rings. The van der Waals surface area contributed by atoms with Crippen LogP contribution in [0.15, 0.2) is 133 Å². The van der Waals surface area contributed by atoms with Crippen LogP contribution >= 0.6 is 0 Å². The van der Waals surface area contributed by atoms with Crippen LogP contribution in [-0.4, -0.2) is 9.13 Å². The first-order valence-electron chi connectivity index (χ1n) is 12.4. The number of nitrogens with zero attached hydrogens (tertiary/aromatic N) is 2. The standard InChI is InChI=1S/C34H22N2/c1-2-14-25(15-3-1)35-32-27-17-7-5-12-24(27)21-22-29(32)34-33(35)28-18-8-9-19-31(28)36(34)30-20-10-13-23-11-4-6-16-26(23)30/h1-22H. The molecule has 0 atom stereocenters. The molecule has 2 aromatic heterocycles. The van der Waals surface area contributed by atoms with Crippen LogP contribution in [-0.2, 0) is 0 Å². The van der Waals surface area contributed by atoms with E-state index in [1.54, 1.807) is 0 Å². The second-order valence-electron chi connectivity index (χ2n) is 9.40. The molecule has 0 radical (unpaired) electrons. The summed E-state index contributed by atoms with van der Waals surface area (Å²) in [6.07, 6.45) is 0. The number of hydrogen-bond donors (Lipinski definition) is 0. The van der Waals surface area contributed by atoms with Crippen molar-refractivity contribution >= 4 is 54.4 Å². The predicted octanol–water partition coefficient (Wildman–Crippen LogP) is 9.03. The van der Waals surface area contributed by atoms with Crippen molar-refractivity contribution in [3.8, 4) is 11.4 Å². The van der Waals surface area contributed by atoms with Gasteiger partial charge in [0.05, 0.1) is 27.8 Å². The van der Waals surface area contributed by atoms with Gasteiger partial charge in [-0.15, -0.1) is 0 Å². The average Bonchev–Trinajstić information content (AvgIpc) is 3.46. The Morgan fingerprint density at radius 2 is 0.944 bits per heavy atom. The molecule has 0 aliphatic rings. The van der Waals surface area contributed by atoms with Gasteiger partial charge in [-0.2, -0.15) is 0 Å². The lowest BCUT2D eigenvalue weighted by molar-refractivity contribution is 1.18. The zero-order valence-electron chi connectivity index (χ0n) is 19.6. The summed E-state index contributed by atoms with van der Waals surface area (Å²) in [6.45, 7) is 0. The van der Waals surface area contributed by atoms with Crippen molar-refractivity contribution < 1.29 is 0 Å². The summed E-state index contributed by atoms with van der Waals surface area (Å²) in [6, 6.07) is 48.2. The van der Waals surface area contributed by atoms with Crippen molar-refractivity contribution in [3.63, 3.8) is 0 Å². The lowest BCUT2D eigenvalue weighted by Crippen LogP contribution is -1.95. The van der Waals surface area contributed by atoms with Gasteiger partial charge in [-0.3, -0.25) is 0 Å². The van der Waals surface area contributed by atoms with E-state index in [4.69, 9.17) is 0 Å². The summed E-state index contributed by atoms with van der Waals surface area (Å²) < 4.78 is 4.94. The summed E-state index contributed by atoms with van der Waals surface area (Å²) >= 11 is 0. The minimum absolute atomic E-state index is 1.18. The van der Waals surface area contributed by atoms with Gasteiger partial charge in [-0.25, -0.2) is 0 Å². The fraction of sp³-hybridized carbons (Fsp3) is 0. The highest BCUT2D eigenvalue weighted by atomic mass is 15.1. The largest absolute Gasteiger partial charge is 0.306 e. The third-order valence-corrected chi connectivity index (χ3v) is 7.47. The smallest absolute Gasteiger partial charge is 0.0804 e. The van der Waals surface area contributed by atoms with Crippen molar-refractivity contribution in [1.82, 2.24) is 9.13 Å². The zero-order valence-corrected chi connectivity index (χ0v) is 19.6. The first-order valence-corrected chi connectivity index (χ1v) is 12.4. The fourth-order valence-corrected chi connectivity index (χ4v) is 5.98. The minimum atomic E-state index is 1.18. The summed E-state index contributed by atoms with van der Waals surface area (Å²) in [5.74, 6) is 0. The number of rotatable bonds is 2. The number of aromatic nitrogens is 2. The van der Waals surface area contributed by atoms with Crippen LogP contribution in [0, 0.1) is 0 Å². The van der Waals surface area contributed by atoms with Gasteiger partial charge >= 0.3 is 0 Å². The molecule has 2 heteroatoms. The van der Waals surface area contributed by atoms with Gasteiger partial charge in [0.1, 0.15) is 0 Å². The van der Waals surface area contributed by atoms with E-state index in [9.17, 15) is 0 Å². The van der Waals surface area contributed by atoms with Crippen LogP contribution < -0.4 is 0 Å². The molecule has 0 aliphatic carbocycles. The van der Waals surface area contributed by atoms with E-state index in [-0.39, 0.29) is 0 Å². The first-order chi connectivity index (χ1) is 17.9. The maximum atomic E-state index is 2.48. The van der Waals surface area contributed by atoms with E-state index < -0.39 is 0 Å². The molecule has 0 unspecified atom stereocenters. The zero-order chi connectivity index (χ0) is 23.6. The number of hydrogen-bond acceptors (Lipinski definition) is 0. The van der Waals surface area contributed by atoms with E-state index in [0.717, 1.165) is 0 Å². The van der Waals surface area contributed by atoms with E-state index in [1.807, 2.05) is 0 Å². The lowest BCUT2D eigenvalue weighted by atomic mass is 10.1. The van der Waals surface area contributed by atoms with Gasteiger partial charge < -0.3 is 9.13 Å². The van der Waals surface area contributed by atoms with Crippen LogP contribution in [0.1, 0.15) is 0 Å². The highest BCUT2D eigenvalue weighted by molar-refractivity contribution is 6.25. The summed E-state index contributed by atoms with van der Waals surface area (Å²) in [4.78, 5) is 0. The highest BCUT2D eigenvalue weighted by Crippen LogP contribution is 2.43. The predicted molar refractivity (Wildman–Crippen MR) is 153 cm³/mol. The van der Waals surface area contributed by atoms with Gasteiger partial charge in [0.25, 0.3) is 0 Å². The summed E-state index contributed by atoms with van der Waals surface area (Å²) in [5.41, 5.74) is 7.35. The van der Waals surface area contributed by atoms with Crippen molar-refractivity contribution in [1.29, 1.82) is 0 Å². The van der Waals surface area contributed by atoms with Gasteiger partial charge in [0.2, 0.25) is 0 Å². The molecule has 0 saturated carbocycles. The van der Waals surface area contributed by atoms with Crippen LogP contribution in [0.4, 0.5) is 0 Å². The second-order valence-corrected chi connectivity index (χ2v) is 9.40. The number of benzene rings is 6. The molecule has 2 nitrogen and oxygen atoms in total. The molecule has 0 bridgehead atoms. The van der Waals surface area contributed by atoms with Crippen LogP contribution in [0.3, 0.4) is 0 Å². The first kappa shape index (κ1) is 19.5. The molecule has 0 N–H and O–H groups in total. The molecule has 0 saturated heterocycles. The summed E-state index contributed by atoms with van der Waals surface area (Å²) in [5, 5.41) is 7.54. The van der Waals surface area contributed by atoms with E-state index in [0.29, 0.717) is 0 Å². The number of fused-ring (bicyclic) bond motifs is 8. The molecule has 6 aromatic carbocycles. The average molecular weight is 459 g/mol. The van der Waals surface area contributed by atoms with E-state index >= 15 is 0 Å². The fourth-order valence-electron chi connectivity index (χ4n) is 5.98. The van der Waals surface area contributed by atoms with Gasteiger partial charge in [0.15, 0.2) is 0 Å². The van der Waals surface area contributed by atoms with Crippen LogP contribution in [0.2, 0.25) is 0 Å². The Bertz CT molecular complexity index is 2090. The molecule has 36 heavy (non-hydrogen) atoms. The van der Waals surface area contributed by atoms with Crippen molar-refractivity contribution in [2.75, 3.05) is 0 Å². The molecule has 8 rings (SSSR count). The molecular formula is C34H22N2. The van der Waals surface area contributed by atoms with Gasteiger partial charge in [0, 0.05) is 27.2 Å². The normalized spacial score (nSPS) is 11.9. The molecule has 168 valence electrons. The Labute approximate surface area is 208 Å². The topological polar surface area (TPSA) is 9.86 Å². The van der Waals surface area contributed by atoms with E-state index in [1.165, 1.54) is 65.8 Å². The van der Waals surface area contributed by atoms with Crippen molar-refractivity contribution in [3.05, 3.63) is 133 Å². The van der Waals surface area contributed by atoms with E-state index in [2.05, 4.69) is 143 Å². The van der Waals surface area contributed by atoms with Gasteiger partial charge in [-0.1, -0.05) is 109 Å². The van der Waals surface area contributed by atoms with Crippen molar-refractivity contribution in [2.24, 2.45) is 0 Å². The number of para-hydroxylation sites is 2. The van der Waals surface area contributed by atoms with Gasteiger partial charge in [-0.05, 0) is 35.0 Å². The second kappa shape index (κ2) is 7.34. The highest BCUT2D eigenvalue weighted by Gasteiger charge is 2.23. The SMILES string of the molecule is c1ccc(-n2c3c4ccccc4ccc3c3c2c2ccccc2n3-c2cccc3ccccc23)cc1. The Morgan fingerprint density at radius 1 is 0.333 bits per heavy atom. The maximum absolute atomic E-state index is 2.48.